The van der Waals surface area contributed by atoms with Crippen LogP contribution in [0, 0.1) is 13.8 Å². The smallest absolute Gasteiger partial charge is 0.140 e. The summed E-state index contributed by atoms with van der Waals surface area (Å²) in [7, 11) is 0. The van der Waals surface area contributed by atoms with Crippen molar-refractivity contribution in [1.82, 2.24) is 4.98 Å². The van der Waals surface area contributed by atoms with Crippen LogP contribution < -0.4 is 4.74 Å². The van der Waals surface area contributed by atoms with E-state index in [1.165, 1.54) is 22.5 Å². The average Bonchev–Trinajstić information content (AvgIpc) is 2.78. The Hall–Kier alpha value is -1.39. The lowest BCUT2D eigenvalue weighted by Gasteiger charge is -2.16. The molecule has 0 amide bonds. The molecule has 0 unspecified atom stereocenters. The van der Waals surface area contributed by atoms with E-state index in [9.17, 15) is 5.11 Å². The molecule has 1 aromatic heterocycles. The Morgan fingerprint density at radius 2 is 1.76 bits per heavy atom. The second-order valence-corrected chi connectivity index (χ2v) is 7.57. The Labute approximate surface area is 130 Å². The van der Waals surface area contributed by atoms with E-state index in [4.69, 9.17) is 4.74 Å². The summed E-state index contributed by atoms with van der Waals surface area (Å²) in [5, 5.41) is 10.4. The summed E-state index contributed by atoms with van der Waals surface area (Å²) in [6.07, 6.45) is 0. The summed E-state index contributed by atoms with van der Waals surface area (Å²) in [5.41, 5.74) is 3.28. The van der Waals surface area contributed by atoms with Crippen LogP contribution in [0.4, 0.5) is 0 Å². The molecule has 3 nitrogen and oxygen atoms in total. The number of aromatic nitrogens is 1. The maximum absolute atomic E-state index is 9.48. The zero-order valence-electron chi connectivity index (χ0n) is 13.4. The molecule has 0 bridgehead atoms. The number of benzene rings is 1. The number of nitrogens with zero attached hydrogens (tertiary/aromatic N) is 1. The minimum atomic E-state index is -0.0628. The van der Waals surface area contributed by atoms with Crippen molar-refractivity contribution in [3.8, 4) is 5.75 Å². The van der Waals surface area contributed by atoms with Gasteiger partial charge in [0.1, 0.15) is 17.4 Å². The quantitative estimate of drug-likeness (QED) is 0.923. The number of rotatable bonds is 4. The molecule has 2 rings (SSSR count). The molecule has 0 atom stereocenters. The number of aryl methyl sites for hydroxylation is 2. The maximum Gasteiger partial charge on any atom is 0.140 e. The van der Waals surface area contributed by atoms with Crippen LogP contribution in [-0.4, -0.2) is 10.1 Å². The average molecular weight is 305 g/mol. The van der Waals surface area contributed by atoms with Crippen molar-refractivity contribution < 1.29 is 9.84 Å². The van der Waals surface area contributed by atoms with E-state index in [1.807, 2.05) is 12.1 Å². The predicted molar refractivity (Wildman–Crippen MR) is 87.0 cm³/mol. The van der Waals surface area contributed by atoms with E-state index in [1.54, 1.807) is 0 Å². The summed E-state index contributed by atoms with van der Waals surface area (Å²) >= 11 is 1.53. The van der Waals surface area contributed by atoms with Crippen molar-refractivity contribution in [3.63, 3.8) is 0 Å². The molecule has 0 saturated heterocycles. The third-order valence-electron chi connectivity index (χ3n) is 3.15. The monoisotopic (exact) mass is 305 g/mol. The molecule has 21 heavy (non-hydrogen) atoms. The first-order chi connectivity index (χ1) is 9.79. The first-order valence-electron chi connectivity index (χ1n) is 7.10. The van der Waals surface area contributed by atoms with E-state index in [-0.39, 0.29) is 12.0 Å². The van der Waals surface area contributed by atoms with Gasteiger partial charge in [0.05, 0.1) is 17.2 Å². The summed E-state index contributed by atoms with van der Waals surface area (Å²) in [5.74, 6) is 0.866. The van der Waals surface area contributed by atoms with Crippen LogP contribution in [0.1, 0.15) is 47.5 Å². The lowest BCUT2D eigenvalue weighted by Crippen LogP contribution is -2.14. The molecule has 1 N–H and O–H groups in total. The first-order valence-corrected chi connectivity index (χ1v) is 7.92. The minimum absolute atomic E-state index is 0.0355. The highest BCUT2D eigenvalue weighted by molar-refractivity contribution is 7.11. The van der Waals surface area contributed by atoms with Crippen LogP contribution in [0.3, 0.4) is 0 Å². The molecule has 0 aliphatic carbocycles. The normalized spacial score (nSPS) is 11.7. The van der Waals surface area contributed by atoms with Gasteiger partial charge in [-0.1, -0.05) is 26.8 Å². The molecule has 114 valence electrons. The van der Waals surface area contributed by atoms with Crippen LogP contribution in [0.15, 0.2) is 18.2 Å². The molecular formula is C17H23NO2S. The van der Waals surface area contributed by atoms with Crippen molar-refractivity contribution >= 4 is 11.3 Å². The zero-order chi connectivity index (χ0) is 15.6. The Balaban J connectivity index is 2.15. The number of aliphatic hydroxyl groups excluding tert-OH is 1. The summed E-state index contributed by atoms with van der Waals surface area (Å²) in [6, 6.07) is 6.17. The highest BCUT2D eigenvalue weighted by Gasteiger charge is 2.22. The van der Waals surface area contributed by atoms with Crippen molar-refractivity contribution in [1.29, 1.82) is 0 Å². The Morgan fingerprint density at radius 1 is 1.14 bits per heavy atom. The van der Waals surface area contributed by atoms with Crippen LogP contribution >= 0.6 is 11.3 Å². The molecular weight excluding hydrogens is 282 g/mol. The van der Waals surface area contributed by atoms with Gasteiger partial charge in [-0.2, -0.15) is 0 Å². The summed E-state index contributed by atoms with van der Waals surface area (Å²) in [6.45, 7) is 10.9. The van der Waals surface area contributed by atoms with Gasteiger partial charge in [-0.25, -0.2) is 4.98 Å². The second kappa shape index (κ2) is 6.16. The fourth-order valence-corrected chi connectivity index (χ4v) is 3.37. The molecule has 0 fully saturated rings. The lowest BCUT2D eigenvalue weighted by atomic mass is 9.91. The van der Waals surface area contributed by atoms with E-state index in [0.29, 0.717) is 6.61 Å². The Morgan fingerprint density at radius 3 is 2.24 bits per heavy atom. The second-order valence-electron chi connectivity index (χ2n) is 6.40. The van der Waals surface area contributed by atoms with E-state index >= 15 is 0 Å². The predicted octanol–water partition coefficient (Wildman–Crippen LogP) is 4.13. The molecule has 0 spiro atoms. The van der Waals surface area contributed by atoms with Crippen LogP contribution in [0.2, 0.25) is 0 Å². The fourth-order valence-electron chi connectivity index (χ4n) is 2.32. The third kappa shape index (κ3) is 4.05. The Kier molecular flexibility index (Phi) is 4.69. The molecule has 1 heterocycles. The van der Waals surface area contributed by atoms with Crippen LogP contribution in [0.5, 0.6) is 5.75 Å². The van der Waals surface area contributed by atoms with E-state index in [0.717, 1.165) is 21.3 Å². The topological polar surface area (TPSA) is 42.4 Å². The molecule has 4 heteroatoms. The van der Waals surface area contributed by atoms with E-state index < -0.39 is 0 Å². The van der Waals surface area contributed by atoms with Gasteiger partial charge in [0.15, 0.2) is 0 Å². The molecule has 0 radical (unpaired) electrons. The van der Waals surface area contributed by atoms with Crippen molar-refractivity contribution in [2.45, 2.75) is 53.2 Å². The van der Waals surface area contributed by atoms with E-state index in [2.05, 4.69) is 45.7 Å². The SMILES string of the molecule is Cc1cc(C)cc(OCc2nc(C(C)(C)C)c(CO)s2)c1. The molecule has 0 aliphatic heterocycles. The number of ether oxygens (including phenoxy) is 1. The lowest BCUT2D eigenvalue weighted by molar-refractivity contribution is 0.282. The third-order valence-corrected chi connectivity index (χ3v) is 4.17. The van der Waals surface area contributed by atoms with Gasteiger partial charge in [0.2, 0.25) is 0 Å². The molecule has 0 aliphatic rings. The number of hydrogen-bond acceptors (Lipinski definition) is 4. The standard InChI is InChI=1S/C17H23NO2S/c1-11-6-12(2)8-13(7-11)20-10-15-18-16(17(3,4)5)14(9-19)21-15/h6-8,19H,9-10H2,1-5H3. The number of aliphatic hydroxyl groups is 1. The molecule has 1 aromatic carbocycles. The van der Waals surface area contributed by atoms with Crippen molar-refractivity contribution in [2.24, 2.45) is 0 Å². The van der Waals surface area contributed by atoms with Gasteiger partial charge in [-0.3, -0.25) is 0 Å². The van der Waals surface area contributed by atoms with Gasteiger partial charge < -0.3 is 9.84 Å². The zero-order valence-corrected chi connectivity index (χ0v) is 14.2. The van der Waals surface area contributed by atoms with Gasteiger partial charge in [0, 0.05) is 5.41 Å². The van der Waals surface area contributed by atoms with Crippen molar-refractivity contribution in [3.05, 3.63) is 44.9 Å². The number of hydrogen-bond donors (Lipinski definition) is 1. The van der Waals surface area contributed by atoms with Crippen LogP contribution in [0.25, 0.3) is 0 Å². The molecule has 0 saturated carbocycles. The maximum atomic E-state index is 9.48. The molecule has 2 aromatic rings. The first kappa shape index (κ1) is 16.0. The van der Waals surface area contributed by atoms with Crippen LogP contribution in [-0.2, 0) is 18.6 Å². The highest BCUT2D eigenvalue weighted by atomic mass is 32.1. The Bertz CT molecular complexity index is 606. The largest absolute Gasteiger partial charge is 0.486 e. The fraction of sp³-hybridized carbons (Fsp3) is 0.471. The van der Waals surface area contributed by atoms with Gasteiger partial charge in [0.25, 0.3) is 0 Å². The van der Waals surface area contributed by atoms with Gasteiger partial charge in [-0.05, 0) is 37.1 Å². The van der Waals surface area contributed by atoms with Gasteiger partial charge >= 0.3 is 0 Å². The van der Waals surface area contributed by atoms with Crippen molar-refractivity contribution in [2.75, 3.05) is 0 Å². The summed E-state index contributed by atoms with van der Waals surface area (Å²) < 4.78 is 5.85. The number of thiazole rings is 1. The van der Waals surface area contributed by atoms with Gasteiger partial charge in [-0.15, -0.1) is 11.3 Å². The highest BCUT2D eigenvalue weighted by Crippen LogP contribution is 2.30. The summed E-state index contributed by atoms with van der Waals surface area (Å²) in [4.78, 5) is 5.58. The minimum Gasteiger partial charge on any atom is -0.486 e.